The first kappa shape index (κ1) is 22.1. The molecule has 0 aliphatic carbocycles. The molecule has 5 nitrogen and oxygen atoms in total. The lowest BCUT2D eigenvalue weighted by molar-refractivity contribution is 0.382. The molecule has 6 heteroatoms. The second kappa shape index (κ2) is 11.0. The lowest BCUT2D eigenvalue weighted by atomic mass is 10.0. The van der Waals surface area contributed by atoms with Gasteiger partial charge in [-0.1, -0.05) is 67.4 Å². The number of anilines is 1. The molecule has 0 unspecified atom stereocenters. The van der Waals surface area contributed by atoms with Gasteiger partial charge in [-0.15, -0.1) is 11.8 Å². The number of allylic oxidation sites excluding steroid dienone is 2. The molecule has 158 valence electrons. The predicted octanol–water partition coefficient (Wildman–Crippen LogP) is 6.45. The van der Waals surface area contributed by atoms with Crippen molar-refractivity contribution in [1.29, 1.82) is 0 Å². The molecule has 0 saturated carbocycles. The third-order valence-corrected chi connectivity index (χ3v) is 5.62. The summed E-state index contributed by atoms with van der Waals surface area (Å²) >= 11 is 1.63. The summed E-state index contributed by atoms with van der Waals surface area (Å²) in [6, 6.07) is 12.1. The third-order valence-electron chi connectivity index (χ3n) is 4.84. The van der Waals surface area contributed by atoms with E-state index in [1.165, 1.54) is 5.57 Å². The van der Waals surface area contributed by atoms with Crippen LogP contribution in [0.4, 0.5) is 5.82 Å². The lowest BCUT2D eigenvalue weighted by Crippen LogP contribution is -2.06. The van der Waals surface area contributed by atoms with Crippen LogP contribution in [-0.4, -0.2) is 21.4 Å². The van der Waals surface area contributed by atoms with Gasteiger partial charge in [0.2, 0.25) is 0 Å². The Morgan fingerprint density at radius 2 is 1.97 bits per heavy atom. The smallest absolute Gasteiger partial charge is 0.162 e. The number of rotatable bonds is 10. The van der Waals surface area contributed by atoms with Crippen molar-refractivity contribution in [3.05, 3.63) is 65.1 Å². The number of hydrogen-bond donors (Lipinski definition) is 1. The standard InChI is InChI=1S/C24H30N4OS/c1-5-10-18(11-6-2)14-20-15-21(29-28-20)16-25-22-17(3)24(30-4)27-23(26-22)19-12-8-7-9-13-19/h7-10,12-13,15H,5-6,11,14,16H2,1-4H3,(H,25,26,27). The van der Waals surface area contributed by atoms with Crippen LogP contribution in [0.2, 0.25) is 0 Å². The summed E-state index contributed by atoms with van der Waals surface area (Å²) in [5.74, 6) is 2.35. The third kappa shape index (κ3) is 5.72. The van der Waals surface area contributed by atoms with Crippen LogP contribution in [-0.2, 0) is 13.0 Å². The minimum atomic E-state index is 0.535. The van der Waals surface area contributed by atoms with Gasteiger partial charge in [0.1, 0.15) is 10.8 Å². The zero-order valence-electron chi connectivity index (χ0n) is 18.2. The van der Waals surface area contributed by atoms with Gasteiger partial charge in [0, 0.05) is 23.6 Å². The van der Waals surface area contributed by atoms with Crippen LogP contribution in [0.3, 0.4) is 0 Å². The van der Waals surface area contributed by atoms with Crippen molar-refractivity contribution in [2.45, 2.75) is 58.0 Å². The summed E-state index contributed by atoms with van der Waals surface area (Å²) in [7, 11) is 0. The van der Waals surface area contributed by atoms with E-state index in [2.05, 4.69) is 30.4 Å². The summed E-state index contributed by atoms with van der Waals surface area (Å²) in [4.78, 5) is 9.48. The molecular weight excluding hydrogens is 392 g/mol. The van der Waals surface area contributed by atoms with Crippen molar-refractivity contribution in [2.75, 3.05) is 11.6 Å². The van der Waals surface area contributed by atoms with Gasteiger partial charge in [-0.3, -0.25) is 0 Å². The highest BCUT2D eigenvalue weighted by Crippen LogP contribution is 2.27. The quantitative estimate of drug-likeness (QED) is 0.230. The van der Waals surface area contributed by atoms with Crippen LogP contribution in [0.5, 0.6) is 0 Å². The van der Waals surface area contributed by atoms with E-state index in [-0.39, 0.29) is 0 Å². The molecule has 0 radical (unpaired) electrons. The first-order valence-electron chi connectivity index (χ1n) is 10.5. The van der Waals surface area contributed by atoms with Crippen LogP contribution in [0.15, 0.2) is 57.6 Å². The molecule has 2 heterocycles. The van der Waals surface area contributed by atoms with Gasteiger partial charge in [0.15, 0.2) is 11.6 Å². The van der Waals surface area contributed by atoms with Gasteiger partial charge in [-0.2, -0.15) is 0 Å². The Bertz CT molecular complexity index is 982. The highest BCUT2D eigenvalue weighted by atomic mass is 32.2. The normalized spacial score (nSPS) is 11.7. The molecule has 3 aromatic rings. The van der Waals surface area contributed by atoms with Crippen LogP contribution >= 0.6 is 11.8 Å². The lowest BCUT2D eigenvalue weighted by Gasteiger charge is -2.12. The summed E-state index contributed by atoms with van der Waals surface area (Å²) in [6.07, 6.45) is 8.49. The Balaban J connectivity index is 1.74. The maximum Gasteiger partial charge on any atom is 0.162 e. The van der Waals surface area contributed by atoms with E-state index in [0.717, 1.165) is 64.9 Å². The molecule has 1 N–H and O–H groups in total. The summed E-state index contributed by atoms with van der Waals surface area (Å²) < 4.78 is 5.57. The fraction of sp³-hybridized carbons (Fsp3) is 0.375. The van der Waals surface area contributed by atoms with Crippen molar-refractivity contribution in [1.82, 2.24) is 15.1 Å². The van der Waals surface area contributed by atoms with Gasteiger partial charge in [-0.25, -0.2) is 9.97 Å². The van der Waals surface area contributed by atoms with Crippen molar-refractivity contribution in [3.63, 3.8) is 0 Å². The van der Waals surface area contributed by atoms with Gasteiger partial charge < -0.3 is 9.84 Å². The van der Waals surface area contributed by atoms with Crippen molar-refractivity contribution in [3.8, 4) is 11.4 Å². The fourth-order valence-corrected chi connectivity index (χ4v) is 3.96. The minimum absolute atomic E-state index is 0.535. The molecule has 0 aliphatic heterocycles. The molecule has 0 aliphatic rings. The zero-order chi connectivity index (χ0) is 21.3. The Hall–Kier alpha value is -2.60. The molecule has 0 fully saturated rings. The minimum Gasteiger partial charge on any atom is -0.362 e. The molecule has 0 atom stereocenters. The molecular formula is C24H30N4OS. The SMILES string of the molecule is CCC=C(CCC)Cc1cc(CNc2nc(-c3ccccc3)nc(SC)c2C)on1. The average molecular weight is 423 g/mol. The number of thioether (sulfide) groups is 1. The monoisotopic (exact) mass is 422 g/mol. The van der Waals surface area contributed by atoms with Gasteiger partial charge in [0.25, 0.3) is 0 Å². The topological polar surface area (TPSA) is 63.8 Å². The van der Waals surface area contributed by atoms with E-state index in [0.29, 0.717) is 6.54 Å². The Morgan fingerprint density at radius 3 is 2.67 bits per heavy atom. The molecule has 0 bridgehead atoms. The molecule has 0 spiro atoms. The maximum atomic E-state index is 5.57. The van der Waals surface area contributed by atoms with Gasteiger partial charge in [-0.05, 0) is 26.0 Å². The second-order valence-corrected chi connectivity index (χ2v) is 8.03. The van der Waals surface area contributed by atoms with Crippen LogP contribution in [0.1, 0.15) is 50.1 Å². The van der Waals surface area contributed by atoms with E-state index >= 15 is 0 Å². The van der Waals surface area contributed by atoms with E-state index in [1.807, 2.05) is 49.6 Å². The van der Waals surface area contributed by atoms with E-state index < -0.39 is 0 Å². The van der Waals surface area contributed by atoms with E-state index in [9.17, 15) is 0 Å². The Kier molecular flexibility index (Phi) is 8.08. The molecule has 30 heavy (non-hydrogen) atoms. The first-order chi connectivity index (χ1) is 14.6. The predicted molar refractivity (Wildman–Crippen MR) is 125 cm³/mol. The van der Waals surface area contributed by atoms with Crippen LogP contribution in [0.25, 0.3) is 11.4 Å². The van der Waals surface area contributed by atoms with Crippen LogP contribution in [0, 0.1) is 6.92 Å². The summed E-state index contributed by atoms with van der Waals surface area (Å²) in [5, 5.41) is 8.65. The highest BCUT2D eigenvalue weighted by molar-refractivity contribution is 7.98. The van der Waals surface area contributed by atoms with Crippen molar-refractivity contribution >= 4 is 17.6 Å². The summed E-state index contributed by atoms with van der Waals surface area (Å²) in [5.41, 5.74) is 4.45. The number of benzene rings is 1. The highest BCUT2D eigenvalue weighted by Gasteiger charge is 2.13. The average Bonchev–Trinajstić information content (AvgIpc) is 3.21. The van der Waals surface area contributed by atoms with Gasteiger partial charge in [0.05, 0.1) is 12.2 Å². The molecule has 0 saturated heterocycles. The largest absolute Gasteiger partial charge is 0.362 e. The Morgan fingerprint density at radius 1 is 1.17 bits per heavy atom. The fourth-order valence-electron chi connectivity index (χ4n) is 3.38. The number of aromatic nitrogens is 3. The van der Waals surface area contributed by atoms with E-state index in [4.69, 9.17) is 14.5 Å². The summed E-state index contributed by atoms with van der Waals surface area (Å²) in [6.45, 7) is 6.96. The number of nitrogens with zero attached hydrogens (tertiary/aromatic N) is 3. The van der Waals surface area contributed by atoms with Crippen molar-refractivity contribution in [2.24, 2.45) is 0 Å². The molecule has 0 amide bonds. The number of hydrogen-bond acceptors (Lipinski definition) is 6. The molecule has 1 aromatic carbocycles. The second-order valence-electron chi connectivity index (χ2n) is 7.23. The van der Waals surface area contributed by atoms with E-state index in [1.54, 1.807) is 11.8 Å². The first-order valence-corrected chi connectivity index (χ1v) is 11.7. The Labute approximate surface area is 183 Å². The van der Waals surface area contributed by atoms with Gasteiger partial charge >= 0.3 is 0 Å². The number of nitrogens with one attached hydrogen (secondary N) is 1. The molecule has 2 aromatic heterocycles. The maximum absolute atomic E-state index is 5.57. The van der Waals surface area contributed by atoms with Crippen molar-refractivity contribution < 1.29 is 4.52 Å². The van der Waals surface area contributed by atoms with Crippen LogP contribution < -0.4 is 5.32 Å². The molecule has 3 rings (SSSR count). The zero-order valence-corrected chi connectivity index (χ0v) is 19.1.